The summed E-state index contributed by atoms with van der Waals surface area (Å²) in [7, 11) is 0. The third-order valence-electron chi connectivity index (χ3n) is 3.47. The number of benzene rings is 1. The minimum atomic E-state index is 0.346. The molecule has 0 saturated carbocycles. The Morgan fingerprint density at radius 1 is 1.14 bits per heavy atom. The maximum atomic E-state index is 5.81. The average Bonchev–Trinajstić information content (AvgIpc) is 2.99. The van der Waals surface area contributed by atoms with Crippen LogP contribution in [-0.4, -0.2) is 20.0 Å². The largest absolute Gasteiger partial charge is 0.325 e. The van der Waals surface area contributed by atoms with Gasteiger partial charge in [0.15, 0.2) is 0 Å². The Labute approximate surface area is 123 Å². The molecule has 106 valence electrons. The zero-order chi connectivity index (χ0) is 14.7. The molecule has 3 aromatic rings. The highest BCUT2D eigenvalue weighted by molar-refractivity contribution is 5.64. The van der Waals surface area contributed by atoms with Crippen molar-refractivity contribution in [3.8, 4) is 16.9 Å². The van der Waals surface area contributed by atoms with Crippen LogP contribution in [0.1, 0.15) is 18.2 Å². The van der Waals surface area contributed by atoms with Crippen LogP contribution in [0.4, 0.5) is 0 Å². The number of pyridine rings is 1. The first-order valence-corrected chi connectivity index (χ1v) is 6.98. The third-order valence-corrected chi connectivity index (χ3v) is 3.47. The molecule has 5 heteroatoms. The fraction of sp³-hybridized carbons (Fsp3) is 0.188. The second-order valence-corrected chi connectivity index (χ2v) is 4.72. The molecular weight excluding hydrogens is 262 g/mol. The Morgan fingerprint density at radius 2 is 2.00 bits per heavy atom. The number of hydrogen-bond donors (Lipinski definition) is 1. The molecule has 0 amide bonds. The van der Waals surface area contributed by atoms with Crippen molar-refractivity contribution in [1.29, 1.82) is 0 Å². The Hall–Kier alpha value is -2.53. The molecule has 0 aliphatic carbocycles. The molecule has 0 unspecified atom stereocenters. The van der Waals surface area contributed by atoms with Crippen molar-refractivity contribution in [3.63, 3.8) is 0 Å². The zero-order valence-electron chi connectivity index (χ0n) is 11.9. The van der Waals surface area contributed by atoms with Crippen molar-refractivity contribution in [2.24, 2.45) is 5.73 Å². The van der Waals surface area contributed by atoms with Crippen LogP contribution in [0.25, 0.3) is 16.9 Å². The summed E-state index contributed by atoms with van der Waals surface area (Å²) in [5, 5.41) is 8.52. The van der Waals surface area contributed by atoms with Crippen molar-refractivity contribution in [2.75, 3.05) is 0 Å². The monoisotopic (exact) mass is 279 g/mol. The molecule has 0 atom stereocenters. The first-order chi connectivity index (χ1) is 10.3. The molecule has 0 bridgehead atoms. The smallest absolute Gasteiger partial charge is 0.105 e. The molecule has 0 radical (unpaired) electrons. The summed E-state index contributed by atoms with van der Waals surface area (Å²) in [4.78, 5) is 4.18. The number of nitrogens with two attached hydrogens (primary N) is 1. The molecule has 2 heterocycles. The molecule has 3 rings (SSSR count). The van der Waals surface area contributed by atoms with E-state index in [0.717, 1.165) is 29.1 Å². The van der Waals surface area contributed by atoms with Crippen molar-refractivity contribution in [3.05, 3.63) is 60.0 Å². The number of aromatic nitrogens is 4. The first-order valence-electron chi connectivity index (χ1n) is 6.98. The predicted octanol–water partition coefficient (Wildman–Crippen LogP) is 2.35. The number of nitrogens with zero attached hydrogens (tertiary/aromatic N) is 4. The van der Waals surface area contributed by atoms with E-state index in [9.17, 15) is 0 Å². The van der Waals surface area contributed by atoms with Crippen LogP contribution in [0, 0.1) is 0 Å². The predicted molar refractivity (Wildman–Crippen MR) is 81.9 cm³/mol. The molecule has 21 heavy (non-hydrogen) atoms. The SMILES string of the molecule is CCc1ccccc1-n1nnc(CN)c1-c1cccnc1. The Bertz CT molecular complexity index is 733. The van der Waals surface area contributed by atoms with E-state index in [0.29, 0.717) is 6.54 Å². The highest BCUT2D eigenvalue weighted by Crippen LogP contribution is 2.26. The van der Waals surface area contributed by atoms with Crippen LogP contribution in [0.3, 0.4) is 0 Å². The molecule has 0 saturated heterocycles. The highest BCUT2D eigenvalue weighted by atomic mass is 15.4. The van der Waals surface area contributed by atoms with E-state index in [2.05, 4.69) is 28.3 Å². The van der Waals surface area contributed by atoms with Crippen LogP contribution in [-0.2, 0) is 13.0 Å². The Balaban J connectivity index is 2.23. The molecule has 2 aromatic heterocycles. The van der Waals surface area contributed by atoms with Gasteiger partial charge in [0.1, 0.15) is 11.4 Å². The summed E-state index contributed by atoms with van der Waals surface area (Å²) in [6, 6.07) is 12.1. The molecular formula is C16H17N5. The van der Waals surface area contributed by atoms with Gasteiger partial charge in [-0.1, -0.05) is 30.3 Å². The lowest BCUT2D eigenvalue weighted by Crippen LogP contribution is -2.05. The summed E-state index contributed by atoms with van der Waals surface area (Å²) in [5.74, 6) is 0. The third kappa shape index (κ3) is 2.43. The van der Waals surface area contributed by atoms with E-state index in [4.69, 9.17) is 5.73 Å². The van der Waals surface area contributed by atoms with Crippen molar-refractivity contribution >= 4 is 0 Å². The van der Waals surface area contributed by atoms with Gasteiger partial charge in [-0.3, -0.25) is 4.98 Å². The molecule has 0 spiro atoms. The lowest BCUT2D eigenvalue weighted by molar-refractivity contribution is 0.791. The number of aryl methyl sites for hydroxylation is 1. The summed E-state index contributed by atoms with van der Waals surface area (Å²) < 4.78 is 1.86. The van der Waals surface area contributed by atoms with Gasteiger partial charge in [-0.05, 0) is 30.2 Å². The van der Waals surface area contributed by atoms with Crippen LogP contribution in [0.5, 0.6) is 0 Å². The van der Waals surface area contributed by atoms with Crippen molar-refractivity contribution < 1.29 is 0 Å². The van der Waals surface area contributed by atoms with Crippen LogP contribution >= 0.6 is 0 Å². The van der Waals surface area contributed by atoms with E-state index in [1.165, 1.54) is 5.56 Å². The van der Waals surface area contributed by atoms with Gasteiger partial charge < -0.3 is 5.73 Å². The Morgan fingerprint density at radius 3 is 2.71 bits per heavy atom. The zero-order valence-corrected chi connectivity index (χ0v) is 11.9. The van der Waals surface area contributed by atoms with E-state index in [-0.39, 0.29) is 0 Å². The molecule has 1 aromatic carbocycles. The van der Waals surface area contributed by atoms with Gasteiger partial charge >= 0.3 is 0 Å². The van der Waals surface area contributed by atoms with Gasteiger partial charge in [-0.15, -0.1) is 5.10 Å². The van der Waals surface area contributed by atoms with Gasteiger partial charge in [0, 0.05) is 24.5 Å². The van der Waals surface area contributed by atoms with Crippen molar-refractivity contribution in [2.45, 2.75) is 19.9 Å². The van der Waals surface area contributed by atoms with Gasteiger partial charge in [0.2, 0.25) is 0 Å². The summed E-state index contributed by atoms with van der Waals surface area (Å²) in [6.45, 7) is 2.47. The summed E-state index contributed by atoms with van der Waals surface area (Å²) in [6.07, 6.45) is 4.49. The molecule has 0 aliphatic heterocycles. The minimum absolute atomic E-state index is 0.346. The number of para-hydroxylation sites is 1. The normalized spacial score (nSPS) is 10.8. The molecule has 0 aliphatic rings. The van der Waals surface area contributed by atoms with Crippen molar-refractivity contribution in [1.82, 2.24) is 20.0 Å². The van der Waals surface area contributed by atoms with E-state index < -0.39 is 0 Å². The second kappa shape index (κ2) is 5.85. The second-order valence-electron chi connectivity index (χ2n) is 4.72. The van der Waals surface area contributed by atoms with Gasteiger partial charge in [0.25, 0.3) is 0 Å². The number of rotatable bonds is 4. The van der Waals surface area contributed by atoms with Crippen LogP contribution in [0.15, 0.2) is 48.8 Å². The minimum Gasteiger partial charge on any atom is -0.325 e. The Kier molecular flexibility index (Phi) is 3.75. The molecule has 2 N–H and O–H groups in total. The van der Waals surface area contributed by atoms with E-state index >= 15 is 0 Å². The maximum Gasteiger partial charge on any atom is 0.105 e. The standard InChI is InChI=1S/C16H17N5/c1-2-12-6-3-4-8-15(12)21-16(14(10-17)19-20-21)13-7-5-9-18-11-13/h3-9,11H,2,10,17H2,1H3. The molecule has 5 nitrogen and oxygen atoms in total. The quantitative estimate of drug-likeness (QED) is 0.796. The van der Waals surface area contributed by atoms with Gasteiger partial charge in [-0.2, -0.15) is 0 Å². The highest BCUT2D eigenvalue weighted by Gasteiger charge is 2.16. The van der Waals surface area contributed by atoms with Crippen LogP contribution in [0.2, 0.25) is 0 Å². The maximum absolute atomic E-state index is 5.81. The first kappa shape index (κ1) is 13.5. The fourth-order valence-corrected chi connectivity index (χ4v) is 2.43. The lowest BCUT2D eigenvalue weighted by atomic mass is 10.1. The summed E-state index contributed by atoms with van der Waals surface area (Å²) in [5.41, 5.74) is 10.7. The average molecular weight is 279 g/mol. The lowest BCUT2D eigenvalue weighted by Gasteiger charge is -2.11. The van der Waals surface area contributed by atoms with E-state index in [1.54, 1.807) is 6.20 Å². The fourth-order valence-electron chi connectivity index (χ4n) is 2.43. The molecule has 0 fully saturated rings. The van der Waals surface area contributed by atoms with Gasteiger partial charge in [0.05, 0.1) is 5.69 Å². The summed E-state index contributed by atoms with van der Waals surface area (Å²) >= 11 is 0. The van der Waals surface area contributed by atoms with Crippen LogP contribution < -0.4 is 5.73 Å². The number of hydrogen-bond acceptors (Lipinski definition) is 4. The topological polar surface area (TPSA) is 69.6 Å². The van der Waals surface area contributed by atoms with Gasteiger partial charge in [-0.25, -0.2) is 4.68 Å². The van der Waals surface area contributed by atoms with E-state index in [1.807, 2.05) is 41.2 Å².